The molecule has 0 radical (unpaired) electrons. The molecule has 1 N–H and O–H groups in total. The maximum Gasteiger partial charge on any atom is 0.270 e. The highest BCUT2D eigenvalue weighted by atomic mass is 16.5. The maximum absolute atomic E-state index is 12.4. The largest absolute Gasteiger partial charge is 0.385 e. The van der Waals surface area contributed by atoms with Gasteiger partial charge in [-0.2, -0.15) is 0 Å². The van der Waals surface area contributed by atoms with E-state index < -0.39 is 0 Å². The lowest BCUT2D eigenvalue weighted by Gasteiger charge is -2.35. The van der Waals surface area contributed by atoms with Crippen LogP contribution < -0.4 is 0 Å². The van der Waals surface area contributed by atoms with Gasteiger partial charge in [-0.15, -0.1) is 0 Å². The van der Waals surface area contributed by atoms with Crippen LogP contribution in [0.1, 0.15) is 42.6 Å². The number of nitrogens with zero attached hydrogens (tertiary/aromatic N) is 1. The summed E-state index contributed by atoms with van der Waals surface area (Å²) in [4.78, 5) is 17.4. The Morgan fingerprint density at radius 1 is 1.56 bits per heavy atom. The van der Waals surface area contributed by atoms with Crippen LogP contribution >= 0.6 is 0 Å². The van der Waals surface area contributed by atoms with E-state index in [-0.39, 0.29) is 5.91 Å². The van der Waals surface area contributed by atoms with Crippen LogP contribution in [-0.2, 0) is 4.74 Å². The van der Waals surface area contributed by atoms with E-state index in [0.29, 0.717) is 11.7 Å². The summed E-state index contributed by atoms with van der Waals surface area (Å²) in [6.07, 6.45) is 7.34. The van der Waals surface area contributed by atoms with Gasteiger partial charge in [0.25, 0.3) is 5.91 Å². The van der Waals surface area contributed by atoms with Crippen molar-refractivity contribution in [2.75, 3.05) is 20.3 Å². The minimum absolute atomic E-state index is 0.141. The monoisotopic (exact) mass is 250 g/mol. The number of hydrogen-bond donors (Lipinski definition) is 1. The number of carbonyl (C=O) groups excluding carboxylic acids is 1. The zero-order chi connectivity index (χ0) is 12.8. The molecule has 4 nitrogen and oxygen atoms in total. The number of aromatic amines is 1. The summed E-state index contributed by atoms with van der Waals surface area (Å²) in [7, 11) is 1.72. The molecule has 0 spiro atoms. The van der Waals surface area contributed by atoms with Crippen LogP contribution in [0.3, 0.4) is 0 Å². The number of H-pyrrole nitrogens is 1. The van der Waals surface area contributed by atoms with Crippen molar-refractivity contribution in [3.63, 3.8) is 0 Å². The number of piperidine rings is 1. The first-order valence-electron chi connectivity index (χ1n) is 6.76. The van der Waals surface area contributed by atoms with Crippen molar-refractivity contribution in [3.05, 3.63) is 24.0 Å². The molecule has 1 unspecified atom stereocenters. The highest BCUT2D eigenvalue weighted by Crippen LogP contribution is 2.22. The van der Waals surface area contributed by atoms with Crippen LogP contribution in [0.5, 0.6) is 0 Å². The minimum atomic E-state index is 0.141. The van der Waals surface area contributed by atoms with Crippen molar-refractivity contribution >= 4 is 5.91 Å². The molecule has 1 aromatic rings. The molecule has 1 aromatic heterocycles. The second-order valence-electron chi connectivity index (χ2n) is 4.87. The fourth-order valence-electron chi connectivity index (χ4n) is 2.65. The van der Waals surface area contributed by atoms with E-state index in [1.807, 2.05) is 17.0 Å². The molecule has 1 aliphatic rings. The van der Waals surface area contributed by atoms with Gasteiger partial charge in [-0.05, 0) is 44.2 Å². The van der Waals surface area contributed by atoms with Crippen LogP contribution in [0.4, 0.5) is 0 Å². The molecule has 0 aliphatic carbocycles. The third-order valence-corrected chi connectivity index (χ3v) is 3.60. The van der Waals surface area contributed by atoms with Gasteiger partial charge in [-0.1, -0.05) is 0 Å². The fraction of sp³-hybridized carbons (Fsp3) is 0.643. The van der Waals surface area contributed by atoms with Crippen LogP contribution in [0.15, 0.2) is 18.3 Å². The summed E-state index contributed by atoms with van der Waals surface area (Å²) in [6, 6.07) is 4.10. The number of amides is 1. The third-order valence-electron chi connectivity index (χ3n) is 3.60. The summed E-state index contributed by atoms with van der Waals surface area (Å²) >= 11 is 0. The van der Waals surface area contributed by atoms with Crippen LogP contribution in [0, 0.1) is 0 Å². The lowest BCUT2D eigenvalue weighted by molar-refractivity contribution is 0.0580. The average molecular weight is 250 g/mol. The zero-order valence-corrected chi connectivity index (χ0v) is 11.0. The van der Waals surface area contributed by atoms with E-state index in [4.69, 9.17) is 4.74 Å². The van der Waals surface area contributed by atoms with Gasteiger partial charge < -0.3 is 14.6 Å². The molecular weight excluding hydrogens is 228 g/mol. The summed E-state index contributed by atoms with van der Waals surface area (Å²) in [6.45, 7) is 1.66. The maximum atomic E-state index is 12.4. The second kappa shape index (κ2) is 6.59. The average Bonchev–Trinajstić information content (AvgIpc) is 2.93. The van der Waals surface area contributed by atoms with Gasteiger partial charge in [0.1, 0.15) is 5.69 Å². The predicted octanol–water partition coefficient (Wildman–Crippen LogP) is 2.44. The van der Waals surface area contributed by atoms with E-state index in [1.165, 1.54) is 6.42 Å². The molecule has 1 atom stereocenters. The minimum Gasteiger partial charge on any atom is -0.385 e. The van der Waals surface area contributed by atoms with Gasteiger partial charge in [-0.25, -0.2) is 0 Å². The Balaban J connectivity index is 1.96. The molecule has 4 heteroatoms. The van der Waals surface area contributed by atoms with Crippen LogP contribution in [0.25, 0.3) is 0 Å². The SMILES string of the molecule is COCCCC1CCCCN1C(=O)c1ccc[nH]1. The normalized spacial score (nSPS) is 20.1. The van der Waals surface area contributed by atoms with Crippen molar-refractivity contribution in [2.45, 2.75) is 38.1 Å². The smallest absolute Gasteiger partial charge is 0.270 e. The molecule has 1 amide bonds. The summed E-state index contributed by atoms with van der Waals surface area (Å²) < 4.78 is 5.09. The summed E-state index contributed by atoms with van der Waals surface area (Å²) in [5.74, 6) is 0.141. The molecule has 1 fully saturated rings. The first kappa shape index (κ1) is 13.1. The fourth-order valence-corrected chi connectivity index (χ4v) is 2.65. The molecule has 1 aliphatic heterocycles. The van der Waals surface area contributed by atoms with E-state index in [0.717, 1.165) is 38.8 Å². The number of rotatable bonds is 5. The van der Waals surface area contributed by atoms with Gasteiger partial charge in [0.05, 0.1) is 0 Å². The van der Waals surface area contributed by atoms with Crippen LogP contribution in [0.2, 0.25) is 0 Å². The molecule has 1 saturated heterocycles. The molecule has 18 heavy (non-hydrogen) atoms. The van der Waals surface area contributed by atoms with Gasteiger partial charge in [0.2, 0.25) is 0 Å². The molecule has 0 bridgehead atoms. The quantitative estimate of drug-likeness (QED) is 0.816. The number of methoxy groups -OCH3 is 1. The van der Waals surface area contributed by atoms with Crippen molar-refractivity contribution in [2.24, 2.45) is 0 Å². The van der Waals surface area contributed by atoms with Gasteiger partial charge in [0.15, 0.2) is 0 Å². The molecule has 2 heterocycles. The highest BCUT2D eigenvalue weighted by molar-refractivity contribution is 5.92. The predicted molar refractivity (Wildman–Crippen MR) is 70.6 cm³/mol. The number of carbonyl (C=O) groups is 1. The first-order chi connectivity index (χ1) is 8.83. The topological polar surface area (TPSA) is 45.3 Å². The molecule has 2 rings (SSSR count). The Hall–Kier alpha value is -1.29. The Labute approximate surface area is 108 Å². The van der Waals surface area contributed by atoms with Crippen molar-refractivity contribution in [1.82, 2.24) is 9.88 Å². The van der Waals surface area contributed by atoms with Gasteiger partial charge >= 0.3 is 0 Å². The van der Waals surface area contributed by atoms with Gasteiger partial charge in [-0.3, -0.25) is 4.79 Å². The summed E-state index contributed by atoms with van der Waals surface area (Å²) in [5.41, 5.74) is 0.702. The Morgan fingerprint density at radius 2 is 2.44 bits per heavy atom. The van der Waals surface area contributed by atoms with Gasteiger partial charge in [0, 0.05) is 32.5 Å². The Morgan fingerprint density at radius 3 is 3.17 bits per heavy atom. The molecule has 0 aromatic carbocycles. The van der Waals surface area contributed by atoms with E-state index in [9.17, 15) is 4.79 Å². The number of aromatic nitrogens is 1. The number of ether oxygens (including phenoxy) is 1. The summed E-state index contributed by atoms with van der Waals surface area (Å²) in [5, 5.41) is 0. The standard InChI is InChI=1S/C14H22N2O2/c1-18-11-5-7-12-6-2-3-10-16(12)14(17)13-8-4-9-15-13/h4,8-9,12,15H,2-3,5-7,10-11H2,1H3. The number of nitrogens with one attached hydrogen (secondary N) is 1. The van der Waals surface area contributed by atoms with E-state index >= 15 is 0 Å². The molecule has 100 valence electrons. The highest BCUT2D eigenvalue weighted by Gasteiger charge is 2.27. The first-order valence-corrected chi connectivity index (χ1v) is 6.76. The molecule has 0 saturated carbocycles. The van der Waals surface area contributed by atoms with Crippen molar-refractivity contribution in [3.8, 4) is 0 Å². The second-order valence-corrected chi connectivity index (χ2v) is 4.87. The number of hydrogen-bond acceptors (Lipinski definition) is 2. The van der Waals surface area contributed by atoms with Crippen molar-refractivity contribution < 1.29 is 9.53 Å². The molecular formula is C14H22N2O2. The Bertz CT molecular complexity index is 362. The van der Waals surface area contributed by atoms with Crippen molar-refractivity contribution in [1.29, 1.82) is 0 Å². The van der Waals surface area contributed by atoms with Crippen LogP contribution in [-0.4, -0.2) is 42.1 Å². The third kappa shape index (κ3) is 3.13. The Kier molecular flexibility index (Phi) is 4.81. The number of likely N-dealkylation sites (tertiary alicyclic amines) is 1. The van der Waals surface area contributed by atoms with E-state index in [1.54, 1.807) is 13.3 Å². The lowest BCUT2D eigenvalue weighted by atomic mass is 9.97. The van der Waals surface area contributed by atoms with E-state index in [2.05, 4.69) is 4.98 Å². The zero-order valence-electron chi connectivity index (χ0n) is 11.0. The lowest BCUT2D eigenvalue weighted by Crippen LogP contribution is -2.44.